The number of aryl methyl sites for hydroxylation is 1. The Kier molecular flexibility index (Phi) is 7.37. The monoisotopic (exact) mass is 506 g/mol. The number of hydrogen-bond donors (Lipinski definition) is 2. The van der Waals surface area contributed by atoms with Gasteiger partial charge in [-0.25, -0.2) is 4.98 Å². The van der Waals surface area contributed by atoms with Crippen LogP contribution >= 0.6 is 0 Å². The number of fused-ring (bicyclic) bond motifs is 1. The van der Waals surface area contributed by atoms with Gasteiger partial charge < -0.3 is 4.98 Å². The molecule has 0 fully saturated rings. The molecule has 2 N–H and O–H groups in total. The van der Waals surface area contributed by atoms with Crippen molar-refractivity contribution in [2.75, 3.05) is 5.43 Å². The summed E-state index contributed by atoms with van der Waals surface area (Å²) < 4.78 is 0. The van der Waals surface area contributed by atoms with Crippen molar-refractivity contribution in [2.24, 2.45) is 5.92 Å². The lowest BCUT2D eigenvalue weighted by molar-refractivity contribution is -0.136. The molecule has 3 aromatic carbocycles. The lowest BCUT2D eigenvalue weighted by Crippen LogP contribution is -2.49. The number of para-hydroxylation sites is 1. The van der Waals surface area contributed by atoms with Gasteiger partial charge in [-0.1, -0.05) is 93.6 Å². The second-order valence-corrected chi connectivity index (χ2v) is 11.6. The van der Waals surface area contributed by atoms with Crippen molar-refractivity contribution in [1.82, 2.24) is 15.0 Å². The smallest absolute Gasteiger partial charge is 0.244 e. The predicted octanol–water partition coefficient (Wildman–Crippen LogP) is 6.44. The zero-order valence-electron chi connectivity index (χ0n) is 22.9. The van der Waals surface area contributed by atoms with E-state index in [1.54, 1.807) is 6.33 Å². The molecule has 5 heteroatoms. The summed E-state index contributed by atoms with van der Waals surface area (Å²) in [6, 6.07) is 27.4. The number of rotatable bonds is 7. The highest BCUT2D eigenvalue weighted by molar-refractivity contribution is 5.83. The molecular formula is C33H38N4O. The van der Waals surface area contributed by atoms with Gasteiger partial charge in [0.2, 0.25) is 5.91 Å². The first-order chi connectivity index (χ1) is 18.3. The van der Waals surface area contributed by atoms with Gasteiger partial charge in [0, 0.05) is 18.0 Å². The van der Waals surface area contributed by atoms with Crippen LogP contribution in [0.3, 0.4) is 0 Å². The summed E-state index contributed by atoms with van der Waals surface area (Å²) >= 11 is 0. The molecule has 5 nitrogen and oxygen atoms in total. The van der Waals surface area contributed by atoms with Crippen LogP contribution in [0.15, 0.2) is 85.2 Å². The number of carbonyl (C=O) groups excluding carboxylic acids is 1. The highest BCUT2D eigenvalue weighted by Gasteiger charge is 2.34. The number of carbonyl (C=O) groups is 1. The fraction of sp³-hybridized carbons (Fsp3) is 0.333. The van der Waals surface area contributed by atoms with Crippen molar-refractivity contribution in [3.05, 3.63) is 119 Å². The molecule has 2 unspecified atom stereocenters. The molecule has 0 saturated heterocycles. The molecule has 2 heterocycles. The molecule has 1 aromatic heterocycles. The molecule has 0 spiro atoms. The third-order valence-corrected chi connectivity index (χ3v) is 7.66. The van der Waals surface area contributed by atoms with Gasteiger partial charge in [0.05, 0.1) is 23.8 Å². The number of H-pyrrole nitrogens is 1. The summed E-state index contributed by atoms with van der Waals surface area (Å²) in [5, 5.41) is 1.90. The number of hydrazine groups is 1. The maximum absolute atomic E-state index is 14.3. The number of aromatic amines is 1. The average Bonchev–Trinajstić information content (AvgIpc) is 3.25. The third kappa shape index (κ3) is 5.83. The number of hydrogen-bond acceptors (Lipinski definition) is 3. The van der Waals surface area contributed by atoms with Crippen LogP contribution < -0.4 is 5.43 Å². The van der Waals surface area contributed by atoms with E-state index in [2.05, 4.69) is 103 Å². The first-order valence-electron chi connectivity index (χ1n) is 13.6. The largest absolute Gasteiger partial charge is 0.348 e. The van der Waals surface area contributed by atoms with Gasteiger partial charge in [0.1, 0.15) is 0 Å². The van der Waals surface area contributed by atoms with Crippen molar-refractivity contribution >= 4 is 11.6 Å². The molecule has 196 valence electrons. The number of nitrogens with zero attached hydrogens (tertiary/aromatic N) is 2. The molecule has 1 aliphatic rings. The quantitative estimate of drug-likeness (QED) is 0.303. The topological polar surface area (TPSA) is 61.0 Å². The summed E-state index contributed by atoms with van der Waals surface area (Å²) in [5.41, 5.74) is 11.6. The highest BCUT2D eigenvalue weighted by Crippen LogP contribution is 2.30. The Morgan fingerprint density at radius 3 is 2.32 bits per heavy atom. The second-order valence-electron chi connectivity index (χ2n) is 11.6. The number of nitrogens with one attached hydrogen (secondary N) is 2. The molecular weight excluding hydrogens is 468 g/mol. The molecule has 0 radical (unpaired) electrons. The van der Waals surface area contributed by atoms with E-state index in [-0.39, 0.29) is 23.3 Å². The van der Waals surface area contributed by atoms with Gasteiger partial charge in [-0.3, -0.25) is 15.2 Å². The van der Waals surface area contributed by atoms with Crippen LogP contribution in [-0.2, 0) is 35.9 Å². The molecule has 1 amide bonds. The van der Waals surface area contributed by atoms with Gasteiger partial charge in [0.15, 0.2) is 0 Å². The summed E-state index contributed by atoms with van der Waals surface area (Å²) in [7, 11) is 0. The Labute approximate surface area is 226 Å². The van der Waals surface area contributed by atoms with E-state index in [1.165, 1.54) is 22.3 Å². The Hall–Kier alpha value is -3.86. The molecule has 38 heavy (non-hydrogen) atoms. The van der Waals surface area contributed by atoms with E-state index in [4.69, 9.17) is 0 Å². The lowest BCUT2D eigenvalue weighted by Gasteiger charge is -2.33. The summed E-state index contributed by atoms with van der Waals surface area (Å²) in [5.74, 6) is -0.0274. The predicted molar refractivity (Wildman–Crippen MR) is 154 cm³/mol. The van der Waals surface area contributed by atoms with Crippen LogP contribution in [0.5, 0.6) is 0 Å². The van der Waals surface area contributed by atoms with Gasteiger partial charge in [-0.15, -0.1) is 0 Å². The van der Waals surface area contributed by atoms with Crippen LogP contribution in [-0.4, -0.2) is 26.9 Å². The Morgan fingerprint density at radius 1 is 0.921 bits per heavy atom. The summed E-state index contributed by atoms with van der Waals surface area (Å²) in [6.45, 7) is 8.72. The zero-order valence-corrected chi connectivity index (χ0v) is 22.9. The Morgan fingerprint density at radius 2 is 1.63 bits per heavy atom. The van der Waals surface area contributed by atoms with Crippen LogP contribution in [0.25, 0.3) is 0 Å². The van der Waals surface area contributed by atoms with Crippen molar-refractivity contribution < 1.29 is 4.79 Å². The fourth-order valence-electron chi connectivity index (χ4n) is 5.35. The highest BCUT2D eigenvalue weighted by atomic mass is 16.2. The van der Waals surface area contributed by atoms with E-state index in [0.717, 1.165) is 23.5 Å². The molecule has 2 atom stereocenters. The number of amides is 1. The SMILES string of the molecule is Cc1[nH]cnc1CC(Cc1ccccc1)N1Nc2ccccc2CC(Cc2ccc(C(C)(C)C)cc2)C1=O. The van der Waals surface area contributed by atoms with E-state index in [1.807, 2.05) is 24.1 Å². The van der Waals surface area contributed by atoms with Crippen molar-refractivity contribution in [3.63, 3.8) is 0 Å². The maximum Gasteiger partial charge on any atom is 0.244 e. The number of benzene rings is 3. The number of anilines is 1. The maximum atomic E-state index is 14.3. The molecule has 1 aliphatic heterocycles. The summed E-state index contributed by atoms with van der Waals surface area (Å²) in [6.07, 6.45) is 4.55. The molecule has 0 aliphatic carbocycles. The second kappa shape index (κ2) is 10.9. The van der Waals surface area contributed by atoms with Crippen molar-refractivity contribution in [2.45, 2.75) is 64.8 Å². The van der Waals surface area contributed by atoms with Gasteiger partial charge >= 0.3 is 0 Å². The van der Waals surface area contributed by atoms with Gasteiger partial charge in [0.25, 0.3) is 0 Å². The number of aromatic nitrogens is 2. The van der Waals surface area contributed by atoms with Crippen LogP contribution in [0, 0.1) is 12.8 Å². The average molecular weight is 507 g/mol. The molecule has 5 rings (SSSR count). The van der Waals surface area contributed by atoms with Crippen molar-refractivity contribution in [1.29, 1.82) is 0 Å². The summed E-state index contributed by atoms with van der Waals surface area (Å²) in [4.78, 5) is 22.1. The van der Waals surface area contributed by atoms with E-state index in [9.17, 15) is 4.79 Å². The molecule has 0 saturated carbocycles. The fourth-order valence-corrected chi connectivity index (χ4v) is 5.35. The number of imidazole rings is 1. The Bertz CT molecular complexity index is 1370. The van der Waals surface area contributed by atoms with E-state index < -0.39 is 0 Å². The van der Waals surface area contributed by atoms with Crippen LogP contribution in [0.2, 0.25) is 0 Å². The zero-order chi connectivity index (χ0) is 26.7. The normalized spacial score (nSPS) is 16.5. The van der Waals surface area contributed by atoms with Crippen LogP contribution in [0.4, 0.5) is 5.69 Å². The minimum Gasteiger partial charge on any atom is -0.348 e. The third-order valence-electron chi connectivity index (χ3n) is 7.66. The van der Waals surface area contributed by atoms with Gasteiger partial charge in [-0.05, 0) is 59.9 Å². The first-order valence-corrected chi connectivity index (χ1v) is 13.6. The lowest BCUT2D eigenvalue weighted by atomic mass is 9.85. The van der Waals surface area contributed by atoms with E-state index >= 15 is 0 Å². The van der Waals surface area contributed by atoms with Crippen molar-refractivity contribution in [3.8, 4) is 0 Å². The Balaban J connectivity index is 1.49. The standard InChI is InChI=1S/C33H38N4O/c1-23-31(35-22-34-23)21-29(19-24-10-6-5-7-11-24)37-32(38)27(20-26-12-8-9-13-30(26)36-37)18-25-14-16-28(17-15-25)33(2,3)4/h5-17,22,27,29,36H,18-21H2,1-4H3,(H,34,35). The molecule has 0 bridgehead atoms. The van der Waals surface area contributed by atoms with E-state index in [0.29, 0.717) is 19.3 Å². The minimum absolute atomic E-state index is 0.0937. The first kappa shape index (κ1) is 25.8. The minimum atomic E-state index is -0.162. The van der Waals surface area contributed by atoms with Crippen LogP contribution in [0.1, 0.15) is 54.4 Å². The molecule has 4 aromatic rings. The van der Waals surface area contributed by atoms with Gasteiger partial charge in [-0.2, -0.15) is 0 Å².